The Bertz CT molecular complexity index is 607. The average Bonchev–Trinajstić information content (AvgIpc) is 2.81. The van der Waals surface area contributed by atoms with Crippen molar-refractivity contribution in [3.05, 3.63) is 47.2 Å². The molecule has 2 aromatic rings. The number of hydrogen-bond donors (Lipinski definition) is 2. The van der Waals surface area contributed by atoms with E-state index in [2.05, 4.69) is 27.4 Å². The van der Waals surface area contributed by atoms with Crippen molar-refractivity contribution >= 4 is 5.82 Å². The van der Waals surface area contributed by atoms with Gasteiger partial charge in [-0.25, -0.2) is 0 Å². The molecular formula is C18H28N4O. The van der Waals surface area contributed by atoms with Crippen molar-refractivity contribution in [1.82, 2.24) is 15.1 Å². The first-order chi connectivity index (χ1) is 11.0. The van der Waals surface area contributed by atoms with Crippen molar-refractivity contribution in [2.24, 2.45) is 13.0 Å². The number of aryl methyl sites for hydroxylation is 2. The van der Waals surface area contributed by atoms with E-state index in [1.807, 2.05) is 50.9 Å². The minimum atomic E-state index is 0.189. The molecule has 0 saturated carbocycles. The van der Waals surface area contributed by atoms with Crippen LogP contribution in [0.4, 0.5) is 5.82 Å². The number of benzene rings is 1. The molecule has 1 heterocycles. The van der Waals surface area contributed by atoms with Crippen LogP contribution in [-0.2, 0) is 20.0 Å². The Balaban J connectivity index is 1.93. The predicted octanol–water partition coefficient (Wildman–Crippen LogP) is 1.74. The molecular weight excluding hydrogens is 288 g/mol. The zero-order valence-corrected chi connectivity index (χ0v) is 14.6. The smallest absolute Gasteiger partial charge is 0.130 e. The summed E-state index contributed by atoms with van der Waals surface area (Å²) < 4.78 is 1.92. The van der Waals surface area contributed by atoms with Crippen molar-refractivity contribution in [2.45, 2.75) is 19.9 Å². The third-order valence-electron chi connectivity index (χ3n) is 4.10. The highest BCUT2D eigenvalue weighted by Crippen LogP contribution is 2.21. The third-order valence-corrected chi connectivity index (χ3v) is 4.10. The second-order valence-corrected chi connectivity index (χ2v) is 6.27. The molecule has 0 aliphatic heterocycles. The van der Waals surface area contributed by atoms with Gasteiger partial charge in [0.2, 0.25) is 0 Å². The Morgan fingerprint density at radius 2 is 1.96 bits per heavy atom. The van der Waals surface area contributed by atoms with Crippen LogP contribution >= 0.6 is 0 Å². The van der Waals surface area contributed by atoms with Gasteiger partial charge in [0.25, 0.3) is 0 Å². The second kappa shape index (κ2) is 8.13. The summed E-state index contributed by atoms with van der Waals surface area (Å²) in [6, 6.07) is 10.3. The number of aromatic nitrogens is 2. The molecule has 1 atom stereocenters. The van der Waals surface area contributed by atoms with Crippen molar-refractivity contribution in [2.75, 3.05) is 32.1 Å². The zero-order valence-electron chi connectivity index (χ0n) is 14.6. The van der Waals surface area contributed by atoms with Gasteiger partial charge in [0.05, 0.1) is 5.69 Å². The normalized spacial score (nSPS) is 12.4. The first kappa shape index (κ1) is 17.5. The summed E-state index contributed by atoms with van der Waals surface area (Å²) in [7, 11) is 6.04. The Hall–Kier alpha value is -1.85. The van der Waals surface area contributed by atoms with E-state index >= 15 is 0 Å². The molecule has 2 rings (SSSR count). The molecule has 0 fully saturated rings. The Morgan fingerprint density at radius 3 is 2.57 bits per heavy atom. The van der Waals surface area contributed by atoms with Gasteiger partial charge in [0.1, 0.15) is 5.82 Å². The summed E-state index contributed by atoms with van der Waals surface area (Å²) in [5.74, 6) is 1.34. The molecule has 1 aromatic carbocycles. The van der Waals surface area contributed by atoms with Crippen molar-refractivity contribution < 1.29 is 5.11 Å². The minimum absolute atomic E-state index is 0.189. The molecule has 0 unspecified atom stereocenters. The van der Waals surface area contributed by atoms with Crippen molar-refractivity contribution in [3.63, 3.8) is 0 Å². The van der Waals surface area contributed by atoms with Crippen LogP contribution in [0.1, 0.15) is 16.8 Å². The Morgan fingerprint density at radius 1 is 1.26 bits per heavy atom. The predicted molar refractivity (Wildman–Crippen MR) is 94.7 cm³/mol. The Kier molecular flexibility index (Phi) is 6.19. The second-order valence-electron chi connectivity index (χ2n) is 6.27. The van der Waals surface area contributed by atoms with Crippen LogP contribution in [0.15, 0.2) is 30.3 Å². The van der Waals surface area contributed by atoms with Crippen LogP contribution < -0.4 is 10.2 Å². The summed E-state index contributed by atoms with van der Waals surface area (Å²) in [6.45, 7) is 3.77. The first-order valence-corrected chi connectivity index (χ1v) is 8.08. The topological polar surface area (TPSA) is 53.3 Å². The maximum Gasteiger partial charge on any atom is 0.130 e. The SMILES string of the molecule is Cc1nn(C)c(N(C)C)c1CNC[C@@H](CO)Cc1ccccc1. The number of nitrogens with one attached hydrogen (secondary N) is 1. The lowest BCUT2D eigenvalue weighted by atomic mass is 10.00. The van der Waals surface area contributed by atoms with E-state index in [1.54, 1.807) is 0 Å². The standard InChI is InChI=1S/C18H28N4O/c1-14-17(18(21(2)3)22(4)20-14)12-19-11-16(13-23)10-15-8-6-5-7-9-15/h5-9,16,19,23H,10-13H2,1-4H3/t16-/m0/s1. The van der Waals surface area contributed by atoms with Gasteiger partial charge in [-0.05, 0) is 24.8 Å². The van der Waals surface area contributed by atoms with Gasteiger partial charge in [-0.1, -0.05) is 30.3 Å². The van der Waals surface area contributed by atoms with Crippen LogP contribution in [0.2, 0.25) is 0 Å². The number of nitrogens with zero attached hydrogens (tertiary/aromatic N) is 3. The maximum atomic E-state index is 9.62. The quantitative estimate of drug-likeness (QED) is 0.779. The largest absolute Gasteiger partial charge is 0.396 e. The summed E-state index contributed by atoms with van der Waals surface area (Å²) in [4.78, 5) is 2.09. The summed E-state index contributed by atoms with van der Waals surface area (Å²) >= 11 is 0. The van der Waals surface area contributed by atoms with Gasteiger partial charge in [0.15, 0.2) is 0 Å². The maximum absolute atomic E-state index is 9.62. The average molecular weight is 316 g/mol. The van der Waals surface area contributed by atoms with E-state index < -0.39 is 0 Å². The summed E-state index contributed by atoms with van der Waals surface area (Å²) in [5.41, 5.74) is 3.53. The number of anilines is 1. The lowest BCUT2D eigenvalue weighted by molar-refractivity contribution is 0.221. The van der Waals surface area contributed by atoms with Gasteiger partial charge < -0.3 is 15.3 Å². The van der Waals surface area contributed by atoms with Gasteiger partial charge >= 0.3 is 0 Å². The number of aliphatic hydroxyl groups excluding tert-OH is 1. The fourth-order valence-electron chi connectivity index (χ4n) is 3.01. The molecule has 0 amide bonds. The van der Waals surface area contributed by atoms with Crippen LogP contribution in [-0.4, -0.2) is 42.1 Å². The van der Waals surface area contributed by atoms with Crippen LogP contribution in [0.5, 0.6) is 0 Å². The molecule has 1 aromatic heterocycles. The van der Waals surface area contributed by atoms with E-state index in [0.29, 0.717) is 0 Å². The van der Waals surface area contributed by atoms with Crippen LogP contribution in [0, 0.1) is 12.8 Å². The lowest BCUT2D eigenvalue weighted by Gasteiger charge is -2.18. The molecule has 5 nitrogen and oxygen atoms in total. The summed E-state index contributed by atoms with van der Waals surface area (Å²) in [6.07, 6.45) is 0.886. The number of hydrogen-bond acceptors (Lipinski definition) is 4. The van der Waals surface area contributed by atoms with E-state index in [0.717, 1.165) is 31.0 Å². The highest BCUT2D eigenvalue weighted by Gasteiger charge is 2.15. The molecule has 0 aliphatic carbocycles. The molecule has 23 heavy (non-hydrogen) atoms. The highest BCUT2D eigenvalue weighted by atomic mass is 16.3. The van der Waals surface area contributed by atoms with Gasteiger partial charge in [-0.15, -0.1) is 0 Å². The molecule has 0 spiro atoms. The summed E-state index contributed by atoms with van der Waals surface area (Å²) in [5, 5.41) is 17.6. The van der Waals surface area contributed by atoms with Gasteiger partial charge in [0, 0.05) is 46.4 Å². The monoisotopic (exact) mass is 316 g/mol. The molecule has 5 heteroatoms. The lowest BCUT2D eigenvalue weighted by Crippen LogP contribution is -2.27. The first-order valence-electron chi connectivity index (χ1n) is 8.08. The molecule has 0 aliphatic rings. The van der Waals surface area contributed by atoms with Crippen LogP contribution in [0.25, 0.3) is 0 Å². The van der Waals surface area contributed by atoms with E-state index in [9.17, 15) is 5.11 Å². The third kappa shape index (κ3) is 4.56. The number of rotatable bonds is 8. The van der Waals surface area contributed by atoms with E-state index in [4.69, 9.17) is 0 Å². The number of aliphatic hydroxyl groups is 1. The van der Waals surface area contributed by atoms with E-state index in [1.165, 1.54) is 11.1 Å². The fourth-order valence-corrected chi connectivity index (χ4v) is 3.01. The minimum Gasteiger partial charge on any atom is -0.396 e. The molecule has 0 bridgehead atoms. The van der Waals surface area contributed by atoms with Gasteiger partial charge in [-0.3, -0.25) is 4.68 Å². The van der Waals surface area contributed by atoms with E-state index in [-0.39, 0.29) is 12.5 Å². The van der Waals surface area contributed by atoms with Crippen molar-refractivity contribution in [1.29, 1.82) is 0 Å². The Labute approximate surface area is 138 Å². The molecule has 0 saturated heterocycles. The molecule has 126 valence electrons. The molecule has 2 N–H and O–H groups in total. The highest BCUT2D eigenvalue weighted by molar-refractivity contribution is 5.48. The zero-order chi connectivity index (χ0) is 16.8. The molecule has 0 radical (unpaired) electrons. The van der Waals surface area contributed by atoms with Crippen LogP contribution in [0.3, 0.4) is 0 Å². The van der Waals surface area contributed by atoms with Crippen molar-refractivity contribution in [3.8, 4) is 0 Å². The fraction of sp³-hybridized carbons (Fsp3) is 0.500. The van der Waals surface area contributed by atoms with Gasteiger partial charge in [-0.2, -0.15) is 5.10 Å².